The summed E-state index contributed by atoms with van der Waals surface area (Å²) in [6.07, 6.45) is 3.91. The van der Waals surface area contributed by atoms with E-state index >= 15 is 0 Å². The fraction of sp³-hybridized carbons (Fsp3) is 0.625. The van der Waals surface area contributed by atoms with Gasteiger partial charge in [0.25, 0.3) is 0 Å². The number of fused-ring (bicyclic) bond motifs is 1. The highest BCUT2D eigenvalue weighted by atomic mass is 32.2. The van der Waals surface area contributed by atoms with Crippen molar-refractivity contribution in [3.63, 3.8) is 0 Å². The fourth-order valence-electron chi connectivity index (χ4n) is 2.85. The molecule has 0 saturated carbocycles. The van der Waals surface area contributed by atoms with Gasteiger partial charge in [0, 0.05) is 12.3 Å². The maximum atomic E-state index is 11.6. The summed E-state index contributed by atoms with van der Waals surface area (Å²) in [5.41, 5.74) is 2.53. The van der Waals surface area contributed by atoms with Crippen LogP contribution in [0.15, 0.2) is 24.3 Å². The molecule has 5 heteroatoms. The van der Waals surface area contributed by atoms with Gasteiger partial charge < -0.3 is 10.1 Å². The highest BCUT2D eigenvalue weighted by molar-refractivity contribution is 7.90. The average Bonchev–Trinajstić information content (AvgIpc) is 2.43. The Morgan fingerprint density at radius 2 is 2.14 bits per heavy atom. The molecule has 0 bridgehead atoms. The molecule has 1 heterocycles. The number of nitrogens with one attached hydrogen (secondary N) is 1. The van der Waals surface area contributed by atoms with Crippen LogP contribution in [0.1, 0.15) is 37.0 Å². The third-order valence-electron chi connectivity index (χ3n) is 3.78. The molecule has 118 valence electrons. The van der Waals surface area contributed by atoms with Crippen molar-refractivity contribution in [3.05, 3.63) is 35.4 Å². The molecule has 0 fully saturated rings. The van der Waals surface area contributed by atoms with Crippen molar-refractivity contribution in [2.75, 3.05) is 25.2 Å². The predicted octanol–water partition coefficient (Wildman–Crippen LogP) is 2.10. The van der Waals surface area contributed by atoms with Gasteiger partial charge in [0.15, 0.2) is 0 Å². The zero-order valence-electron chi connectivity index (χ0n) is 12.8. The number of sulfone groups is 1. The highest BCUT2D eigenvalue weighted by Gasteiger charge is 2.25. The van der Waals surface area contributed by atoms with Crippen molar-refractivity contribution in [1.29, 1.82) is 0 Å². The monoisotopic (exact) mass is 311 g/mol. The van der Waals surface area contributed by atoms with E-state index in [1.807, 2.05) is 12.1 Å². The van der Waals surface area contributed by atoms with E-state index in [2.05, 4.69) is 24.4 Å². The zero-order valence-corrected chi connectivity index (χ0v) is 13.7. The van der Waals surface area contributed by atoms with Gasteiger partial charge in [-0.15, -0.1) is 0 Å². The van der Waals surface area contributed by atoms with Gasteiger partial charge >= 0.3 is 0 Å². The van der Waals surface area contributed by atoms with Crippen LogP contribution in [0.5, 0.6) is 0 Å². The summed E-state index contributed by atoms with van der Waals surface area (Å²) in [5.74, 6) is 0.162. The van der Waals surface area contributed by atoms with E-state index in [4.69, 9.17) is 4.74 Å². The summed E-state index contributed by atoms with van der Waals surface area (Å²) in [6.45, 7) is 3.62. The Hall–Kier alpha value is -0.910. The molecule has 0 aromatic heterocycles. The van der Waals surface area contributed by atoms with Crippen LogP contribution >= 0.6 is 0 Å². The van der Waals surface area contributed by atoms with Crippen molar-refractivity contribution >= 4 is 9.84 Å². The van der Waals surface area contributed by atoms with Crippen LogP contribution in [-0.4, -0.2) is 39.6 Å². The van der Waals surface area contributed by atoms with E-state index in [0.29, 0.717) is 13.0 Å². The third kappa shape index (κ3) is 5.09. The first kappa shape index (κ1) is 16.5. The van der Waals surface area contributed by atoms with Crippen molar-refractivity contribution < 1.29 is 13.2 Å². The summed E-state index contributed by atoms with van der Waals surface area (Å²) in [5, 5.41) is 3.34. The Morgan fingerprint density at radius 3 is 2.86 bits per heavy atom. The molecule has 0 radical (unpaired) electrons. The van der Waals surface area contributed by atoms with Crippen LogP contribution in [0.25, 0.3) is 0 Å². The molecule has 0 spiro atoms. The first-order valence-electron chi connectivity index (χ1n) is 7.60. The van der Waals surface area contributed by atoms with Gasteiger partial charge in [-0.1, -0.05) is 31.2 Å². The smallest absolute Gasteiger partial charge is 0.148 e. The number of hydrogen-bond acceptors (Lipinski definition) is 4. The minimum absolute atomic E-state index is 0.00828. The maximum Gasteiger partial charge on any atom is 0.148 e. The van der Waals surface area contributed by atoms with Crippen LogP contribution in [0, 0.1) is 0 Å². The van der Waals surface area contributed by atoms with Crippen molar-refractivity contribution in [2.24, 2.45) is 0 Å². The van der Waals surface area contributed by atoms with E-state index in [1.165, 1.54) is 17.4 Å². The van der Waals surface area contributed by atoms with Crippen LogP contribution in [-0.2, 0) is 21.0 Å². The van der Waals surface area contributed by atoms with E-state index in [9.17, 15) is 8.42 Å². The Balaban J connectivity index is 2.09. The minimum atomic E-state index is -3.00. The highest BCUT2D eigenvalue weighted by Crippen LogP contribution is 2.30. The van der Waals surface area contributed by atoms with Gasteiger partial charge in [-0.05, 0) is 36.9 Å². The molecule has 2 rings (SSSR count). The topological polar surface area (TPSA) is 55.4 Å². The lowest BCUT2D eigenvalue weighted by Gasteiger charge is -2.29. The Morgan fingerprint density at radius 1 is 1.38 bits per heavy atom. The van der Waals surface area contributed by atoms with E-state index in [1.54, 1.807) is 0 Å². The largest absolute Gasteiger partial charge is 0.373 e. The number of rotatable bonds is 7. The number of ether oxygens (including phenoxy) is 1. The van der Waals surface area contributed by atoms with Gasteiger partial charge in [0.05, 0.1) is 18.5 Å². The molecule has 1 N–H and O–H groups in total. The summed E-state index contributed by atoms with van der Waals surface area (Å²) < 4.78 is 29.1. The predicted molar refractivity (Wildman–Crippen MR) is 85.2 cm³/mol. The first-order valence-corrected chi connectivity index (χ1v) is 9.66. The molecule has 1 aliphatic rings. The maximum absolute atomic E-state index is 11.6. The van der Waals surface area contributed by atoms with Crippen LogP contribution in [0.2, 0.25) is 0 Å². The molecular weight excluding hydrogens is 286 g/mol. The number of benzene rings is 1. The molecule has 2 unspecified atom stereocenters. The van der Waals surface area contributed by atoms with Gasteiger partial charge in [-0.2, -0.15) is 0 Å². The summed E-state index contributed by atoms with van der Waals surface area (Å²) in [7, 11) is -3.00. The Kier molecular flexibility index (Phi) is 5.79. The van der Waals surface area contributed by atoms with Crippen molar-refractivity contribution in [1.82, 2.24) is 5.32 Å². The van der Waals surface area contributed by atoms with E-state index in [-0.39, 0.29) is 17.9 Å². The molecule has 0 amide bonds. The minimum Gasteiger partial charge on any atom is -0.373 e. The zero-order chi connectivity index (χ0) is 15.3. The molecule has 1 aromatic carbocycles. The lowest BCUT2D eigenvalue weighted by molar-refractivity contribution is 0.0310. The second kappa shape index (κ2) is 7.38. The molecule has 2 atom stereocenters. The van der Waals surface area contributed by atoms with Gasteiger partial charge in [0.1, 0.15) is 9.84 Å². The van der Waals surface area contributed by atoms with Crippen LogP contribution in [0.3, 0.4) is 0 Å². The van der Waals surface area contributed by atoms with Gasteiger partial charge in [-0.3, -0.25) is 0 Å². The van der Waals surface area contributed by atoms with E-state index in [0.717, 1.165) is 19.4 Å². The molecule has 1 aliphatic heterocycles. The molecule has 0 aliphatic carbocycles. The summed E-state index contributed by atoms with van der Waals surface area (Å²) in [4.78, 5) is 0. The number of hydrogen-bond donors (Lipinski definition) is 1. The van der Waals surface area contributed by atoms with Crippen molar-refractivity contribution in [2.45, 2.75) is 38.3 Å². The molecule has 1 aromatic rings. The second-order valence-corrected chi connectivity index (χ2v) is 7.97. The molecule has 21 heavy (non-hydrogen) atoms. The quantitative estimate of drug-likeness (QED) is 0.838. The summed E-state index contributed by atoms with van der Waals surface area (Å²) in [6, 6.07) is 8.23. The summed E-state index contributed by atoms with van der Waals surface area (Å²) >= 11 is 0. The van der Waals surface area contributed by atoms with Crippen molar-refractivity contribution in [3.8, 4) is 0 Å². The Labute approximate surface area is 127 Å². The third-order valence-corrected chi connectivity index (χ3v) is 4.79. The molecular formula is C16H25NO3S. The fourth-order valence-corrected chi connectivity index (χ4v) is 3.84. The van der Waals surface area contributed by atoms with Crippen LogP contribution < -0.4 is 5.32 Å². The van der Waals surface area contributed by atoms with Gasteiger partial charge in [0.2, 0.25) is 0 Å². The first-order chi connectivity index (χ1) is 9.99. The Bertz CT molecular complexity index is 556. The SMILES string of the molecule is CCCNC(CC1OCCc2ccccc21)CS(C)(=O)=O. The molecule has 4 nitrogen and oxygen atoms in total. The van der Waals surface area contributed by atoms with E-state index < -0.39 is 9.84 Å². The lowest BCUT2D eigenvalue weighted by atomic mass is 9.94. The average molecular weight is 311 g/mol. The molecule has 0 saturated heterocycles. The second-order valence-electron chi connectivity index (χ2n) is 5.79. The normalized spacial score (nSPS) is 20.0. The van der Waals surface area contributed by atoms with Crippen LogP contribution in [0.4, 0.5) is 0 Å². The lowest BCUT2D eigenvalue weighted by Crippen LogP contribution is -2.38. The van der Waals surface area contributed by atoms with Gasteiger partial charge in [-0.25, -0.2) is 8.42 Å². The standard InChI is InChI=1S/C16H25NO3S/c1-3-9-17-14(12-21(2,18)19)11-16-15-7-5-4-6-13(15)8-10-20-16/h4-7,14,16-17H,3,8-12H2,1-2H3.